The van der Waals surface area contributed by atoms with Crippen LogP contribution in [0.1, 0.15) is 11.1 Å². The number of halogens is 4. The lowest BCUT2D eigenvalue weighted by atomic mass is 10.1. The summed E-state index contributed by atoms with van der Waals surface area (Å²) < 4.78 is 20.6. The Bertz CT molecular complexity index is 1170. The average Bonchev–Trinajstić information content (AvgIpc) is 2.72. The number of ether oxygens (including phenoxy) is 1. The fourth-order valence-electron chi connectivity index (χ4n) is 2.62. The Labute approximate surface area is 211 Å². The van der Waals surface area contributed by atoms with Crippen LogP contribution in [-0.4, -0.2) is 5.91 Å². The van der Waals surface area contributed by atoms with Crippen molar-refractivity contribution in [3.05, 3.63) is 95.3 Å². The van der Waals surface area contributed by atoms with Crippen molar-refractivity contribution in [2.45, 2.75) is 6.61 Å². The van der Waals surface area contributed by atoms with Crippen LogP contribution in [0.2, 0.25) is 5.02 Å². The van der Waals surface area contributed by atoms with E-state index in [-0.39, 0.29) is 11.4 Å². The van der Waals surface area contributed by atoms with Crippen LogP contribution in [0.5, 0.6) is 5.75 Å². The number of carbonyl (C=O) groups is 1. The Kier molecular flexibility index (Phi) is 8.28. The Balaban J connectivity index is 1.76. The molecule has 0 radical (unpaired) electrons. The number of rotatable bonds is 6. The van der Waals surface area contributed by atoms with Crippen LogP contribution >= 0.6 is 56.8 Å². The van der Waals surface area contributed by atoms with E-state index in [1.165, 1.54) is 18.2 Å². The van der Waals surface area contributed by atoms with Gasteiger partial charge in [0.2, 0.25) is 0 Å². The fraction of sp³-hybridized carbons (Fsp3) is 0.0435. The van der Waals surface area contributed by atoms with Gasteiger partial charge in [-0.25, -0.2) is 4.39 Å². The van der Waals surface area contributed by atoms with Crippen LogP contribution in [-0.2, 0) is 11.4 Å². The van der Waals surface area contributed by atoms with Gasteiger partial charge < -0.3 is 10.1 Å². The van der Waals surface area contributed by atoms with Crippen molar-refractivity contribution < 1.29 is 13.9 Å². The molecule has 1 amide bonds. The molecule has 0 saturated carbocycles. The quantitative estimate of drug-likeness (QED) is 0.180. The van der Waals surface area contributed by atoms with Crippen molar-refractivity contribution in [1.82, 2.24) is 0 Å². The van der Waals surface area contributed by atoms with Gasteiger partial charge in [-0.1, -0.05) is 29.8 Å². The number of hydrogen-bond donors (Lipinski definition) is 1. The van der Waals surface area contributed by atoms with Crippen LogP contribution in [0.4, 0.5) is 10.1 Å². The highest BCUT2D eigenvalue weighted by molar-refractivity contribution is 14.1. The lowest BCUT2D eigenvalue weighted by molar-refractivity contribution is -0.112. The molecule has 0 bridgehead atoms. The van der Waals surface area contributed by atoms with E-state index in [4.69, 9.17) is 16.3 Å². The molecule has 3 rings (SSSR count). The molecular formula is C23H14ClFI2N2O2. The SMILES string of the molecule is N#C/C(=C\c1cc(I)c(OCc2ccc(F)cc2)c(I)c1)C(=O)Nc1cccc(Cl)c1. The summed E-state index contributed by atoms with van der Waals surface area (Å²) >= 11 is 10.2. The van der Waals surface area contributed by atoms with Crippen molar-refractivity contribution in [2.24, 2.45) is 0 Å². The molecule has 156 valence electrons. The minimum Gasteiger partial charge on any atom is -0.487 e. The van der Waals surface area contributed by atoms with E-state index in [2.05, 4.69) is 50.5 Å². The molecule has 3 aromatic rings. The summed E-state index contributed by atoms with van der Waals surface area (Å²) in [6, 6.07) is 18.4. The molecular weight excluding hydrogens is 645 g/mol. The van der Waals surface area contributed by atoms with Gasteiger partial charge in [0.05, 0.1) is 7.14 Å². The maximum absolute atomic E-state index is 13.0. The van der Waals surface area contributed by atoms with Crippen molar-refractivity contribution in [3.8, 4) is 11.8 Å². The maximum Gasteiger partial charge on any atom is 0.266 e. The smallest absolute Gasteiger partial charge is 0.266 e. The first-order valence-corrected chi connectivity index (χ1v) is 11.4. The number of hydrogen-bond acceptors (Lipinski definition) is 3. The van der Waals surface area contributed by atoms with Crippen LogP contribution in [0, 0.1) is 24.3 Å². The lowest BCUT2D eigenvalue weighted by Gasteiger charge is -2.12. The molecule has 0 aromatic heterocycles. The van der Waals surface area contributed by atoms with Crippen LogP contribution in [0.25, 0.3) is 6.08 Å². The molecule has 0 aliphatic carbocycles. The first kappa shape index (κ1) is 23.5. The van der Waals surface area contributed by atoms with Crippen LogP contribution in [0.3, 0.4) is 0 Å². The van der Waals surface area contributed by atoms with E-state index < -0.39 is 5.91 Å². The number of nitriles is 1. The number of carbonyl (C=O) groups excluding carboxylic acids is 1. The molecule has 8 heteroatoms. The molecule has 3 aromatic carbocycles. The molecule has 4 nitrogen and oxygen atoms in total. The molecule has 0 aliphatic heterocycles. The number of anilines is 1. The number of nitrogens with one attached hydrogen (secondary N) is 1. The van der Waals surface area contributed by atoms with Gasteiger partial charge in [-0.2, -0.15) is 5.26 Å². The van der Waals surface area contributed by atoms with Crippen molar-refractivity contribution >= 4 is 74.5 Å². The van der Waals surface area contributed by atoms with Gasteiger partial charge in [0.25, 0.3) is 5.91 Å². The molecule has 0 spiro atoms. The summed E-state index contributed by atoms with van der Waals surface area (Å²) in [5.74, 6) is -0.132. The van der Waals surface area contributed by atoms with Crippen LogP contribution in [0.15, 0.2) is 66.2 Å². The molecule has 0 unspecified atom stereocenters. The van der Waals surface area contributed by atoms with E-state index in [0.29, 0.717) is 28.6 Å². The molecule has 0 saturated heterocycles. The molecule has 0 fully saturated rings. The second-order valence-corrected chi connectivity index (χ2v) is 9.12. The van der Waals surface area contributed by atoms with Crippen molar-refractivity contribution in [2.75, 3.05) is 5.32 Å². The van der Waals surface area contributed by atoms with Gasteiger partial charge >= 0.3 is 0 Å². The third kappa shape index (κ3) is 6.66. The number of amides is 1. The van der Waals surface area contributed by atoms with E-state index in [9.17, 15) is 14.4 Å². The van der Waals surface area contributed by atoms with Gasteiger partial charge in [0.1, 0.15) is 29.8 Å². The zero-order valence-electron chi connectivity index (χ0n) is 15.8. The maximum atomic E-state index is 13.0. The third-order valence-electron chi connectivity index (χ3n) is 4.08. The Morgan fingerprint density at radius 1 is 1.13 bits per heavy atom. The fourth-order valence-corrected chi connectivity index (χ4v) is 4.93. The van der Waals surface area contributed by atoms with Gasteiger partial charge in [-0.15, -0.1) is 0 Å². The number of benzene rings is 3. The van der Waals surface area contributed by atoms with Gasteiger partial charge in [0.15, 0.2) is 0 Å². The van der Waals surface area contributed by atoms with E-state index in [1.54, 1.807) is 36.4 Å². The highest BCUT2D eigenvalue weighted by Crippen LogP contribution is 2.30. The predicted molar refractivity (Wildman–Crippen MR) is 136 cm³/mol. The minimum absolute atomic E-state index is 0.0356. The van der Waals surface area contributed by atoms with Gasteiger partial charge in [-0.3, -0.25) is 4.79 Å². The minimum atomic E-state index is -0.522. The molecule has 0 atom stereocenters. The number of nitrogens with zero attached hydrogens (tertiary/aromatic N) is 1. The third-order valence-corrected chi connectivity index (χ3v) is 5.91. The predicted octanol–water partition coefficient (Wildman–Crippen LogP) is 6.81. The monoisotopic (exact) mass is 658 g/mol. The largest absolute Gasteiger partial charge is 0.487 e. The highest BCUT2D eigenvalue weighted by atomic mass is 127. The second-order valence-electron chi connectivity index (χ2n) is 6.36. The van der Waals surface area contributed by atoms with E-state index in [0.717, 1.165) is 12.7 Å². The van der Waals surface area contributed by atoms with Gasteiger partial charge in [0, 0.05) is 10.7 Å². The Hall–Kier alpha value is -2.16. The first-order chi connectivity index (χ1) is 14.9. The standard InChI is InChI=1S/C23H14ClFI2N2O2/c24-17-2-1-3-19(11-17)29-23(30)16(12-28)8-15-9-20(26)22(21(27)10-15)31-13-14-4-6-18(25)7-5-14/h1-11H,13H2,(H,29,30)/b16-8+. The molecule has 31 heavy (non-hydrogen) atoms. The second kappa shape index (κ2) is 10.9. The summed E-state index contributed by atoms with van der Waals surface area (Å²) in [5.41, 5.74) is 2.01. The van der Waals surface area contributed by atoms with Crippen molar-refractivity contribution in [1.29, 1.82) is 5.26 Å². The summed E-state index contributed by atoms with van der Waals surface area (Å²) in [6.07, 6.45) is 1.52. The molecule has 0 aliphatic rings. The Morgan fingerprint density at radius 2 is 1.81 bits per heavy atom. The summed E-state index contributed by atoms with van der Waals surface area (Å²) in [5, 5.41) is 12.6. The van der Waals surface area contributed by atoms with Gasteiger partial charge in [-0.05, 0) is 105 Å². The Morgan fingerprint density at radius 3 is 2.42 bits per heavy atom. The van der Waals surface area contributed by atoms with Crippen molar-refractivity contribution in [3.63, 3.8) is 0 Å². The molecule has 1 N–H and O–H groups in total. The molecule has 0 heterocycles. The lowest BCUT2D eigenvalue weighted by Crippen LogP contribution is -2.13. The first-order valence-electron chi connectivity index (χ1n) is 8.90. The summed E-state index contributed by atoms with van der Waals surface area (Å²) in [6.45, 7) is 0.299. The topological polar surface area (TPSA) is 62.1 Å². The van der Waals surface area contributed by atoms with E-state index in [1.807, 2.05) is 18.2 Å². The van der Waals surface area contributed by atoms with Crippen LogP contribution < -0.4 is 10.1 Å². The average molecular weight is 659 g/mol. The zero-order valence-corrected chi connectivity index (χ0v) is 20.9. The highest BCUT2D eigenvalue weighted by Gasteiger charge is 2.13. The zero-order chi connectivity index (χ0) is 22.4. The summed E-state index contributed by atoms with van der Waals surface area (Å²) in [4.78, 5) is 12.5. The normalized spacial score (nSPS) is 11.0. The summed E-state index contributed by atoms with van der Waals surface area (Å²) in [7, 11) is 0. The van der Waals surface area contributed by atoms with E-state index >= 15 is 0 Å².